The smallest absolute Gasteiger partial charge is 0.330 e. The van der Waals surface area contributed by atoms with E-state index >= 15 is 0 Å². The fourth-order valence-electron chi connectivity index (χ4n) is 0.648. The van der Waals surface area contributed by atoms with Gasteiger partial charge in [0.25, 0.3) is 0 Å². The van der Waals surface area contributed by atoms with Crippen molar-refractivity contribution in [2.24, 2.45) is 0 Å². The lowest BCUT2D eigenvalue weighted by atomic mass is 10.4. The van der Waals surface area contributed by atoms with Crippen LogP contribution in [-0.4, -0.2) is 44.7 Å². The van der Waals surface area contributed by atoms with E-state index in [4.69, 9.17) is 4.74 Å². The first-order valence-corrected chi connectivity index (χ1v) is 4.20. The Morgan fingerprint density at radius 1 is 1.36 bits per heavy atom. The van der Waals surface area contributed by atoms with Crippen molar-refractivity contribution in [3.63, 3.8) is 0 Å². The van der Waals surface area contributed by atoms with Gasteiger partial charge in [0.05, 0.1) is 27.7 Å². The monoisotopic (exact) mass is 219 g/mol. The molecule has 0 rings (SSSR count). The molecule has 0 aliphatic carbocycles. The Morgan fingerprint density at radius 3 is 2.36 bits per heavy atom. The van der Waals surface area contributed by atoms with Gasteiger partial charge in [-0.05, 0) is 12.2 Å². The first kappa shape index (κ1) is 15.7. The number of hydrogen-bond donors (Lipinski definition) is 0. The van der Waals surface area contributed by atoms with E-state index in [0.29, 0.717) is 6.61 Å². The van der Waals surface area contributed by atoms with Crippen LogP contribution in [0.5, 0.6) is 0 Å². The number of rotatable bonds is 5. The van der Waals surface area contributed by atoms with E-state index < -0.39 is 0 Å². The molecule has 0 spiro atoms. The van der Waals surface area contributed by atoms with E-state index in [2.05, 4.69) is 27.7 Å². The second kappa shape index (κ2) is 7.59. The predicted molar refractivity (Wildman–Crippen MR) is 53.2 cm³/mol. The number of halogens is 1. The average Bonchev–Trinajstić information content (AvgIpc) is 2.01. The molecule has 0 atom stereocenters. The molecule has 0 aromatic carbocycles. The Balaban J connectivity index is 0. The topological polar surface area (TPSA) is 26.3 Å². The van der Waals surface area contributed by atoms with Crippen molar-refractivity contribution in [2.75, 3.05) is 34.3 Å². The van der Waals surface area contributed by atoms with Gasteiger partial charge >= 0.3 is 5.97 Å². The molecule has 0 amide bonds. The van der Waals surface area contributed by atoms with E-state index in [1.807, 2.05) is 12.2 Å². The third-order valence-corrected chi connectivity index (χ3v) is 1.31. The predicted octanol–water partition coefficient (Wildman–Crippen LogP) is -2.02. The summed E-state index contributed by atoms with van der Waals surface area (Å²) in [5, 5.41) is 0. The summed E-state index contributed by atoms with van der Waals surface area (Å²) in [4.78, 5) is 10.6. The highest BCUT2D eigenvalue weighted by molar-refractivity contribution is 5.81. The second-order valence-corrected chi connectivity index (χ2v) is 3.78. The molecule has 0 N–H and O–H groups in total. The molecule has 0 fully saturated rings. The van der Waals surface area contributed by atoms with Crippen LogP contribution in [0.15, 0.2) is 24.8 Å². The van der Waals surface area contributed by atoms with Crippen LogP contribution in [0.3, 0.4) is 0 Å². The van der Waals surface area contributed by atoms with Crippen LogP contribution in [0, 0.1) is 0 Å². The van der Waals surface area contributed by atoms with Gasteiger partial charge in [0, 0.05) is 6.08 Å². The number of quaternary nitrogens is 1. The Labute approximate surface area is 92.0 Å². The summed E-state index contributed by atoms with van der Waals surface area (Å²) in [7, 11) is 6.29. The second-order valence-electron chi connectivity index (χ2n) is 3.78. The van der Waals surface area contributed by atoms with Gasteiger partial charge in [0.1, 0.15) is 6.61 Å². The summed E-state index contributed by atoms with van der Waals surface area (Å²) < 4.78 is 5.62. The van der Waals surface area contributed by atoms with Gasteiger partial charge in [-0.25, -0.2) is 4.79 Å². The van der Waals surface area contributed by atoms with Crippen molar-refractivity contribution < 1.29 is 26.4 Å². The number of nitrogens with zero attached hydrogens (tertiary/aromatic N) is 1. The molecular weight excluding hydrogens is 202 g/mol. The minimum Gasteiger partial charge on any atom is -1.00 e. The quantitative estimate of drug-likeness (QED) is 0.231. The number of ether oxygens (including phenoxy) is 1. The first-order chi connectivity index (χ1) is 5.95. The molecule has 0 radical (unpaired) electrons. The van der Waals surface area contributed by atoms with E-state index in [1.165, 1.54) is 0 Å². The third kappa shape index (κ3) is 11.2. The Morgan fingerprint density at radius 2 is 1.93 bits per heavy atom. The largest absolute Gasteiger partial charge is 1.00 e. The maximum Gasteiger partial charge on any atom is 0.330 e. The molecule has 0 aliphatic heterocycles. The molecule has 0 bridgehead atoms. The van der Waals surface area contributed by atoms with Crippen molar-refractivity contribution in [1.82, 2.24) is 0 Å². The molecule has 0 heterocycles. The fourth-order valence-corrected chi connectivity index (χ4v) is 0.648. The summed E-state index contributed by atoms with van der Waals surface area (Å²) in [5.74, 6) is -0.380. The molecule has 3 nitrogen and oxygen atoms in total. The number of esters is 1. The molecule has 0 saturated carbocycles. The molecule has 4 heteroatoms. The fraction of sp³-hybridized carbons (Fsp3) is 0.500. The van der Waals surface area contributed by atoms with E-state index in [-0.39, 0.29) is 18.4 Å². The van der Waals surface area contributed by atoms with Gasteiger partial charge < -0.3 is 21.6 Å². The lowest BCUT2D eigenvalue weighted by Crippen LogP contribution is -3.00. The van der Waals surface area contributed by atoms with Gasteiger partial charge in [0.15, 0.2) is 0 Å². The highest BCUT2D eigenvalue weighted by Crippen LogP contribution is 1.90. The highest BCUT2D eigenvalue weighted by atomic mass is 35.5. The third-order valence-electron chi connectivity index (χ3n) is 1.31. The number of likely N-dealkylation sites (N-methyl/N-ethyl adjacent to an activating group) is 1. The van der Waals surface area contributed by atoms with Crippen molar-refractivity contribution >= 4 is 5.97 Å². The van der Waals surface area contributed by atoms with Crippen LogP contribution in [-0.2, 0) is 9.53 Å². The molecule has 0 aromatic rings. The molecule has 0 aliphatic rings. The van der Waals surface area contributed by atoms with Gasteiger partial charge in [-0.2, -0.15) is 0 Å². The first-order valence-electron chi connectivity index (χ1n) is 4.20. The van der Waals surface area contributed by atoms with Crippen molar-refractivity contribution in [3.8, 4) is 0 Å². The molecular formula is C10H18ClNO2. The van der Waals surface area contributed by atoms with Crippen LogP contribution in [0.25, 0.3) is 0 Å². The van der Waals surface area contributed by atoms with E-state index in [0.717, 1.165) is 17.1 Å². The normalized spacial score (nSPS) is 10.8. The summed E-state index contributed by atoms with van der Waals surface area (Å²) >= 11 is 0. The zero-order chi connectivity index (χ0) is 10.3. The summed E-state index contributed by atoms with van der Waals surface area (Å²) in [6.07, 6.45) is 4.99. The molecule has 14 heavy (non-hydrogen) atoms. The molecule has 0 aromatic heterocycles. The highest BCUT2D eigenvalue weighted by Gasteiger charge is 2.01. The molecule has 0 saturated heterocycles. The van der Waals surface area contributed by atoms with E-state index in [1.54, 1.807) is 0 Å². The Kier molecular flexibility index (Phi) is 8.49. The summed E-state index contributed by atoms with van der Waals surface area (Å²) in [6.45, 7) is 4.54. The van der Waals surface area contributed by atoms with Gasteiger partial charge in [-0.15, -0.1) is 0 Å². The van der Waals surface area contributed by atoms with Crippen molar-refractivity contribution in [2.45, 2.75) is 0 Å². The van der Waals surface area contributed by atoms with Crippen LogP contribution in [0.2, 0.25) is 0 Å². The number of hydrogen-bond acceptors (Lipinski definition) is 2. The summed E-state index contributed by atoms with van der Waals surface area (Å²) in [5.41, 5.74) is 0. The SMILES string of the molecule is C=CC(=O)OCC=CC[N+](C)(C)C.[Cl-]. The number of carbonyl (C=O) groups is 1. The lowest BCUT2D eigenvalue weighted by Gasteiger charge is -2.21. The zero-order valence-electron chi connectivity index (χ0n) is 9.00. The maximum absolute atomic E-state index is 10.6. The van der Waals surface area contributed by atoms with Gasteiger partial charge in [-0.3, -0.25) is 0 Å². The van der Waals surface area contributed by atoms with Crippen molar-refractivity contribution in [3.05, 3.63) is 24.8 Å². The molecule has 0 unspecified atom stereocenters. The van der Waals surface area contributed by atoms with Gasteiger partial charge in [0.2, 0.25) is 0 Å². The number of carbonyl (C=O) groups excluding carboxylic acids is 1. The summed E-state index contributed by atoms with van der Waals surface area (Å²) in [6, 6.07) is 0. The Bertz CT molecular complexity index is 207. The minimum atomic E-state index is -0.380. The maximum atomic E-state index is 10.6. The van der Waals surface area contributed by atoms with E-state index in [9.17, 15) is 4.79 Å². The zero-order valence-corrected chi connectivity index (χ0v) is 9.75. The van der Waals surface area contributed by atoms with Gasteiger partial charge in [-0.1, -0.05) is 6.58 Å². The minimum absolute atomic E-state index is 0. The average molecular weight is 220 g/mol. The van der Waals surface area contributed by atoms with Crippen molar-refractivity contribution in [1.29, 1.82) is 0 Å². The lowest BCUT2D eigenvalue weighted by molar-refractivity contribution is -0.864. The Hall–Kier alpha value is -0.800. The standard InChI is InChI=1S/C10H18NO2.ClH/c1-5-10(12)13-9-7-6-8-11(2,3)4;/h5-7H,1,8-9H2,2-4H3;1H/q+1;/p-1. The van der Waals surface area contributed by atoms with Crippen LogP contribution < -0.4 is 12.4 Å². The molecule has 82 valence electrons. The van der Waals surface area contributed by atoms with Crippen LogP contribution in [0.4, 0.5) is 0 Å². The van der Waals surface area contributed by atoms with Crippen LogP contribution in [0.1, 0.15) is 0 Å². The van der Waals surface area contributed by atoms with Crippen LogP contribution >= 0.6 is 0 Å².